The van der Waals surface area contributed by atoms with Gasteiger partial charge in [0.2, 0.25) is 0 Å². The van der Waals surface area contributed by atoms with Crippen LogP contribution in [0.5, 0.6) is 0 Å². The molecule has 1 amide bonds. The molecule has 5 nitrogen and oxygen atoms in total. The van der Waals surface area contributed by atoms with Gasteiger partial charge < -0.3 is 10.4 Å². The highest BCUT2D eigenvalue weighted by Crippen LogP contribution is 2.20. The quantitative estimate of drug-likeness (QED) is 0.859. The normalized spacial score (nSPS) is 11.5. The van der Waals surface area contributed by atoms with Gasteiger partial charge in [-0.15, -0.1) is 0 Å². The summed E-state index contributed by atoms with van der Waals surface area (Å²) >= 11 is 0. The molecule has 0 atom stereocenters. The Hall–Kier alpha value is -2.21. The van der Waals surface area contributed by atoms with Gasteiger partial charge in [0.1, 0.15) is 11.5 Å². The van der Waals surface area contributed by atoms with Gasteiger partial charge in [-0.3, -0.25) is 4.79 Å². The minimum Gasteiger partial charge on any atom is -0.396 e. The van der Waals surface area contributed by atoms with Crippen molar-refractivity contribution >= 4 is 5.91 Å². The molecule has 0 aliphatic heterocycles. The molecule has 2 rings (SSSR count). The van der Waals surface area contributed by atoms with Crippen LogP contribution in [0, 0.1) is 18.2 Å². The number of nitrogens with zero attached hydrogens (tertiary/aromatic N) is 2. The van der Waals surface area contributed by atoms with Crippen LogP contribution in [0.2, 0.25) is 0 Å². The van der Waals surface area contributed by atoms with Crippen LogP contribution in [0.15, 0.2) is 30.5 Å². The van der Waals surface area contributed by atoms with Crippen LogP contribution in [0.3, 0.4) is 0 Å². The van der Waals surface area contributed by atoms with Gasteiger partial charge in [-0.05, 0) is 30.9 Å². The third-order valence-electron chi connectivity index (χ3n) is 3.85. The van der Waals surface area contributed by atoms with E-state index in [1.165, 1.54) is 16.9 Å². The minimum absolute atomic E-state index is 0.0765. The minimum atomic E-state index is -0.394. The average Bonchev–Trinajstić information content (AvgIpc) is 2.87. The zero-order valence-electron chi connectivity index (χ0n) is 13.6. The standard InChI is InChI=1S/C17H22FN3O2/c1-12-13(16(23)19-11-17(2,3)8-9-22)10-20-21(12)15-7-5-4-6-14(15)18/h4-7,10,22H,8-9,11H2,1-3H3,(H,19,23). The molecule has 1 heterocycles. The number of benzene rings is 1. The number of halogens is 1. The molecule has 0 fully saturated rings. The molecule has 0 saturated carbocycles. The van der Waals surface area contributed by atoms with Crippen molar-refractivity contribution < 1.29 is 14.3 Å². The summed E-state index contributed by atoms with van der Waals surface area (Å²) in [5, 5.41) is 16.0. The summed E-state index contributed by atoms with van der Waals surface area (Å²) in [7, 11) is 0. The number of nitrogens with one attached hydrogen (secondary N) is 1. The smallest absolute Gasteiger partial charge is 0.254 e. The number of hydrogen-bond donors (Lipinski definition) is 2. The third kappa shape index (κ3) is 3.96. The predicted molar refractivity (Wildman–Crippen MR) is 86.1 cm³/mol. The summed E-state index contributed by atoms with van der Waals surface area (Å²) in [5.74, 6) is -0.647. The van der Waals surface area contributed by atoms with Crippen LogP contribution in [0.4, 0.5) is 4.39 Å². The molecule has 0 spiro atoms. The zero-order chi connectivity index (χ0) is 17.0. The molecule has 2 aromatic rings. The molecule has 23 heavy (non-hydrogen) atoms. The molecule has 124 valence electrons. The van der Waals surface area contributed by atoms with Crippen molar-refractivity contribution in [2.45, 2.75) is 27.2 Å². The van der Waals surface area contributed by atoms with Crippen LogP contribution in [-0.2, 0) is 0 Å². The van der Waals surface area contributed by atoms with E-state index in [4.69, 9.17) is 5.11 Å². The van der Waals surface area contributed by atoms with Crippen LogP contribution in [0.1, 0.15) is 36.3 Å². The van der Waals surface area contributed by atoms with Crippen molar-refractivity contribution in [3.63, 3.8) is 0 Å². The Morgan fingerprint density at radius 2 is 2.09 bits per heavy atom. The van der Waals surface area contributed by atoms with E-state index < -0.39 is 5.82 Å². The van der Waals surface area contributed by atoms with Gasteiger partial charge in [0.05, 0.1) is 17.5 Å². The molecular formula is C17H22FN3O2. The summed E-state index contributed by atoms with van der Waals surface area (Å²) < 4.78 is 15.3. The van der Waals surface area contributed by atoms with Gasteiger partial charge in [0.25, 0.3) is 5.91 Å². The molecule has 2 N–H and O–H groups in total. The third-order valence-corrected chi connectivity index (χ3v) is 3.85. The van der Waals surface area contributed by atoms with Crippen LogP contribution < -0.4 is 5.32 Å². The Morgan fingerprint density at radius 1 is 1.39 bits per heavy atom. The fraction of sp³-hybridized carbons (Fsp3) is 0.412. The van der Waals surface area contributed by atoms with Gasteiger partial charge >= 0.3 is 0 Å². The largest absolute Gasteiger partial charge is 0.396 e. The van der Waals surface area contributed by atoms with Crippen molar-refractivity contribution in [3.8, 4) is 5.69 Å². The van der Waals surface area contributed by atoms with Crippen molar-refractivity contribution in [1.29, 1.82) is 0 Å². The van der Waals surface area contributed by atoms with E-state index >= 15 is 0 Å². The first-order chi connectivity index (χ1) is 10.9. The van der Waals surface area contributed by atoms with Gasteiger partial charge in [0, 0.05) is 13.2 Å². The lowest BCUT2D eigenvalue weighted by Crippen LogP contribution is -2.34. The highest BCUT2D eigenvalue weighted by atomic mass is 19.1. The SMILES string of the molecule is Cc1c(C(=O)NCC(C)(C)CCO)cnn1-c1ccccc1F. The number of amides is 1. The first-order valence-corrected chi connectivity index (χ1v) is 7.54. The fourth-order valence-electron chi connectivity index (χ4n) is 2.30. The lowest BCUT2D eigenvalue weighted by atomic mass is 9.89. The Morgan fingerprint density at radius 3 is 2.74 bits per heavy atom. The van der Waals surface area contributed by atoms with E-state index in [9.17, 15) is 9.18 Å². The highest BCUT2D eigenvalue weighted by molar-refractivity contribution is 5.95. The summed E-state index contributed by atoms with van der Waals surface area (Å²) in [6.45, 7) is 6.19. The number of aromatic nitrogens is 2. The molecule has 6 heteroatoms. The summed E-state index contributed by atoms with van der Waals surface area (Å²) in [6.07, 6.45) is 2.04. The van der Waals surface area contributed by atoms with Gasteiger partial charge in [-0.1, -0.05) is 26.0 Å². The topological polar surface area (TPSA) is 67.2 Å². The van der Waals surface area contributed by atoms with Gasteiger partial charge in [-0.2, -0.15) is 5.10 Å². The number of aliphatic hydroxyl groups excluding tert-OH is 1. The van der Waals surface area contributed by atoms with Crippen LogP contribution in [-0.4, -0.2) is 33.9 Å². The van der Waals surface area contributed by atoms with Crippen molar-refractivity contribution in [3.05, 3.63) is 47.5 Å². The Bertz CT molecular complexity index is 695. The van der Waals surface area contributed by atoms with Crippen molar-refractivity contribution in [2.75, 3.05) is 13.2 Å². The second kappa shape index (κ2) is 6.91. The average molecular weight is 319 g/mol. The number of aliphatic hydroxyl groups is 1. The summed E-state index contributed by atoms with van der Waals surface area (Å²) in [4.78, 5) is 12.3. The van der Waals surface area contributed by atoms with Gasteiger partial charge in [0.15, 0.2) is 0 Å². The molecule has 0 radical (unpaired) electrons. The van der Waals surface area contributed by atoms with E-state index in [0.29, 0.717) is 29.9 Å². The van der Waals surface area contributed by atoms with E-state index in [1.807, 2.05) is 13.8 Å². The van der Waals surface area contributed by atoms with E-state index in [-0.39, 0.29) is 17.9 Å². The maximum atomic E-state index is 13.9. The molecule has 0 unspecified atom stereocenters. The first-order valence-electron chi connectivity index (χ1n) is 7.54. The lowest BCUT2D eigenvalue weighted by molar-refractivity contribution is 0.0927. The maximum absolute atomic E-state index is 13.9. The number of para-hydroxylation sites is 1. The first kappa shape index (κ1) is 17.1. The van der Waals surface area contributed by atoms with Crippen molar-refractivity contribution in [2.24, 2.45) is 5.41 Å². The fourth-order valence-corrected chi connectivity index (χ4v) is 2.30. The lowest BCUT2D eigenvalue weighted by Gasteiger charge is -2.23. The monoisotopic (exact) mass is 319 g/mol. The number of carbonyl (C=O) groups excluding carboxylic acids is 1. The van der Waals surface area contributed by atoms with Gasteiger partial charge in [-0.25, -0.2) is 9.07 Å². The Balaban J connectivity index is 2.16. The Kier molecular flexibility index (Phi) is 5.15. The predicted octanol–water partition coefficient (Wildman–Crippen LogP) is 2.46. The number of hydrogen-bond acceptors (Lipinski definition) is 3. The zero-order valence-corrected chi connectivity index (χ0v) is 13.6. The molecule has 0 aliphatic rings. The maximum Gasteiger partial charge on any atom is 0.254 e. The van der Waals surface area contributed by atoms with E-state index in [0.717, 1.165) is 0 Å². The van der Waals surface area contributed by atoms with Crippen LogP contribution in [0.25, 0.3) is 5.69 Å². The van der Waals surface area contributed by atoms with E-state index in [1.54, 1.807) is 25.1 Å². The Labute approximate surface area is 135 Å². The molecule has 0 saturated heterocycles. The molecular weight excluding hydrogens is 297 g/mol. The molecule has 1 aromatic carbocycles. The van der Waals surface area contributed by atoms with Crippen molar-refractivity contribution in [1.82, 2.24) is 15.1 Å². The molecule has 1 aromatic heterocycles. The number of carbonyl (C=O) groups is 1. The highest BCUT2D eigenvalue weighted by Gasteiger charge is 2.21. The summed E-state index contributed by atoms with van der Waals surface area (Å²) in [5.41, 5.74) is 1.10. The van der Waals surface area contributed by atoms with Crippen LogP contribution >= 0.6 is 0 Å². The van der Waals surface area contributed by atoms with E-state index in [2.05, 4.69) is 10.4 Å². The molecule has 0 aliphatic carbocycles. The summed E-state index contributed by atoms with van der Waals surface area (Å²) in [6, 6.07) is 6.29. The number of rotatable bonds is 6. The molecule has 0 bridgehead atoms. The second-order valence-corrected chi connectivity index (χ2v) is 6.33. The second-order valence-electron chi connectivity index (χ2n) is 6.33.